The van der Waals surface area contributed by atoms with Gasteiger partial charge in [-0.05, 0) is 24.5 Å². The van der Waals surface area contributed by atoms with Crippen molar-refractivity contribution in [2.24, 2.45) is 0 Å². The monoisotopic (exact) mass is 467 g/mol. The standard InChI is InChI=1S/C12H8Cl9/c1-2-7-4-3-5-8(6-7)9(13,14)10(15,16)11(17,18)12(19,20)21/h3-6H,1-2H2. The molecule has 0 bridgehead atoms. The van der Waals surface area contributed by atoms with Crippen LogP contribution in [0.1, 0.15) is 11.1 Å². The maximum Gasteiger partial charge on any atom is 0.226 e. The van der Waals surface area contributed by atoms with Gasteiger partial charge in [-0.15, -0.1) is 0 Å². The number of halogens is 9. The molecule has 21 heavy (non-hydrogen) atoms. The van der Waals surface area contributed by atoms with Gasteiger partial charge in [0.1, 0.15) is 0 Å². The topological polar surface area (TPSA) is 0 Å². The van der Waals surface area contributed by atoms with Crippen LogP contribution in [0.15, 0.2) is 24.3 Å². The fraction of sp³-hybridized carbons (Fsp3) is 0.417. The van der Waals surface area contributed by atoms with Gasteiger partial charge in [0, 0.05) is 0 Å². The van der Waals surface area contributed by atoms with Crippen LogP contribution < -0.4 is 0 Å². The Bertz CT molecular complexity index is 502. The highest BCUT2D eigenvalue weighted by molar-refractivity contribution is 6.80. The minimum absolute atomic E-state index is 0.344. The second-order valence-corrected chi connectivity index (χ2v) is 10.4. The minimum Gasteiger partial charge on any atom is -0.0943 e. The van der Waals surface area contributed by atoms with E-state index in [2.05, 4.69) is 6.92 Å². The molecule has 0 unspecified atom stereocenters. The first kappa shape index (κ1) is 20.9. The molecule has 1 aromatic carbocycles. The lowest BCUT2D eigenvalue weighted by Gasteiger charge is -2.44. The third kappa shape index (κ3) is 3.91. The zero-order valence-corrected chi connectivity index (χ0v) is 16.9. The van der Waals surface area contributed by atoms with Crippen molar-refractivity contribution in [3.8, 4) is 0 Å². The average molecular weight is 471 g/mol. The maximum absolute atomic E-state index is 6.31. The van der Waals surface area contributed by atoms with Crippen molar-refractivity contribution in [3.05, 3.63) is 42.3 Å². The van der Waals surface area contributed by atoms with Gasteiger partial charge in [-0.25, -0.2) is 0 Å². The molecule has 0 aliphatic heterocycles. The van der Waals surface area contributed by atoms with E-state index in [0.717, 1.165) is 5.56 Å². The van der Waals surface area contributed by atoms with Crippen molar-refractivity contribution >= 4 is 104 Å². The predicted molar refractivity (Wildman–Crippen MR) is 98.1 cm³/mol. The summed E-state index contributed by atoms with van der Waals surface area (Å²) in [6.07, 6.45) is 0.507. The molecule has 0 fully saturated rings. The molecule has 0 saturated heterocycles. The van der Waals surface area contributed by atoms with Gasteiger partial charge in [0.2, 0.25) is 8.13 Å². The first-order valence-electron chi connectivity index (χ1n) is 5.38. The lowest BCUT2D eigenvalue weighted by molar-refractivity contribution is 0.600. The summed E-state index contributed by atoms with van der Waals surface area (Å²) >= 11 is 54.3. The fourth-order valence-electron chi connectivity index (χ4n) is 1.48. The summed E-state index contributed by atoms with van der Waals surface area (Å²) in [6, 6.07) is 6.79. The second-order valence-electron chi connectivity index (χ2n) is 4.17. The smallest absolute Gasteiger partial charge is 0.0943 e. The molecule has 1 aromatic rings. The molecular formula is C12H8Cl9. The van der Waals surface area contributed by atoms with Crippen LogP contribution in [0.3, 0.4) is 0 Å². The predicted octanol–water partition coefficient (Wildman–Crippen LogP) is 7.41. The molecule has 0 atom stereocenters. The summed E-state index contributed by atoms with van der Waals surface area (Å²) in [5.74, 6) is 0. The van der Waals surface area contributed by atoms with Gasteiger partial charge in [0.15, 0.2) is 8.67 Å². The van der Waals surface area contributed by atoms with Crippen molar-refractivity contribution in [3.63, 3.8) is 0 Å². The molecule has 1 radical (unpaired) electrons. The van der Waals surface area contributed by atoms with Gasteiger partial charge in [-0.2, -0.15) is 0 Å². The molecule has 0 aromatic heterocycles. The first-order valence-corrected chi connectivity index (χ1v) is 8.78. The van der Waals surface area contributed by atoms with Crippen LogP contribution in [0.5, 0.6) is 0 Å². The molecule has 9 heteroatoms. The van der Waals surface area contributed by atoms with Gasteiger partial charge in [0.05, 0.1) is 0 Å². The van der Waals surface area contributed by atoms with Gasteiger partial charge in [-0.1, -0.05) is 129 Å². The summed E-state index contributed by atoms with van der Waals surface area (Å²) in [5, 5.41) is 0. The number of hydrogen-bond acceptors (Lipinski definition) is 0. The molecule has 0 nitrogen and oxygen atoms in total. The van der Waals surface area contributed by atoms with Gasteiger partial charge < -0.3 is 0 Å². The summed E-state index contributed by atoms with van der Waals surface area (Å²) in [7, 11) is 0. The molecule has 119 valence electrons. The zero-order valence-electron chi connectivity index (χ0n) is 10.1. The highest BCUT2D eigenvalue weighted by Crippen LogP contribution is 2.65. The van der Waals surface area contributed by atoms with E-state index < -0.39 is 16.8 Å². The Hall–Kier alpha value is 1.83. The van der Waals surface area contributed by atoms with E-state index in [1.165, 1.54) is 0 Å². The van der Waals surface area contributed by atoms with E-state index in [4.69, 9.17) is 104 Å². The molecular weight excluding hydrogens is 463 g/mol. The first-order chi connectivity index (χ1) is 9.29. The molecule has 0 spiro atoms. The average Bonchev–Trinajstić information content (AvgIpc) is 2.37. The molecule has 0 aliphatic carbocycles. The Morgan fingerprint density at radius 2 is 1.33 bits per heavy atom. The summed E-state index contributed by atoms with van der Waals surface area (Å²) in [6.45, 7) is 3.76. The summed E-state index contributed by atoms with van der Waals surface area (Å²) in [4.78, 5) is 0. The van der Waals surface area contributed by atoms with Gasteiger partial charge in [-0.3, -0.25) is 0 Å². The Morgan fingerprint density at radius 1 is 0.810 bits per heavy atom. The highest BCUT2D eigenvalue weighted by Gasteiger charge is 2.68. The van der Waals surface area contributed by atoms with E-state index in [1.54, 1.807) is 18.2 Å². The Balaban J connectivity index is 3.39. The van der Waals surface area contributed by atoms with Crippen LogP contribution in [0.2, 0.25) is 0 Å². The van der Waals surface area contributed by atoms with Crippen molar-refractivity contribution < 1.29 is 0 Å². The van der Waals surface area contributed by atoms with E-state index >= 15 is 0 Å². The Morgan fingerprint density at radius 3 is 1.76 bits per heavy atom. The van der Waals surface area contributed by atoms with Crippen molar-refractivity contribution in [2.75, 3.05) is 0 Å². The normalized spacial score (nSPS) is 14.4. The molecule has 1 rings (SSSR count). The molecule has 0 N–H and O–H groups in total. The van der Waals surface area contributed by atoms with E-state index in [-0.39, 0.29) is 0 Å². The van der Waals surface area contributed by atoms with Crippen LogP contribution >= 0.6 is 104 Å². The largest absolute Gasteiger partial charge is 0.226 e. The third-order valence-corrected chi connectivity index (χ3v) is 8.20. The Kier molecular flexibility index (Phi) is 6.94. The van der Waals surface area contributed by atoms with Crippen LogP contribution in [0, 0.1) is 6.92 Å². The number of hydrogen-bond donors (Lipinski definition) is 0. The van der Waals surface area contributed by atoms with Crippen molar-refractivity contribution in [1.82, 2.24) is 0 Å². The van der Waals surface area contributed by atoms with E-state index in [1.807, 2.05) is 6.07 Å². The van der Waals surface area contributed by atoms with Crippen LogP contribution in [-0.2, 0) is 10.8 Å². The lowest BCUT2D eigenvalue weighted by Crippen LogP contribution is -2.54. The van der Waals surface area contributed by atoms with Gasteiger partial charge >= 0.3 is 0 Å². The lowest BCUT2D eigenvalue weighted by atomic mass is 10.0. The SMILES string of the molecule is [CH2]Cc1cccc(C(Cl)(Cl)C(Cl)(Cl)C(Cl)(Cl)C(Cl)(Cl)Cl)c1. The fourth-order valence-corrected chi connectivity index (χ4v) is 3.69. The summed E-state index contributed by atoms with van der Waals surface area (Å²) < 4.78 is -8.72. The minimum atomic E-state index is -2.29. The van der Waals surface area contributed by atoms with E-state index in [9.17, 15) is 0 Å². The van der Waals surface area contributed by atoms with Gasteiger partial charge in [0.25, 0.3) is 0 Å². The second kappa shape index (κ2) is 6.98. The third-order valence-electron chi connectivity index (χ3n) is 2.72. The Labute approximate surface area is 168 Å². The molecule has 0 heterocycles. The maximum atomic E-state index is 6.31. The van der Waals surface area contributed by atoms with E-state index in [0.29, 0.717) is 12.0 Å². The number of rotatable bonds is 4. The highest BCUT2D eigenvalue weighted by atomic mass is 35.6. The quantitative estimate of drug-likeness (QED) is 0.401. The molecule has 0 amide bonds. The van der Waals surface area contributed by atoms with Crippen LogP contribution in [0.25, 0.3) is 0 Å². The van der Waals surface area contributed by atoms with Crippen LogP contribution in [-0.4, -0.2) is 12.5 Å². The van der Waals surface area contributed by atoms with Crippen molar-refractivity contribution in [1.29, 1.82) is 0 Å². The van der Waals surface area contributed by atoms with Crippen LogP contribution in [0.4, 0.5) is 0 Å². The number of benzene rings is 1. The number of alkyl halides is 9. The van der Waals surface area contributed by atoms with Crippen molar-refractivity contribution in [2.45, 2.75) is 23.2 Å². The zero-order chi connectivity index (χ0) is 16.7. The molecule has 0 aliphatic rings. The summed E-state index contributed by atoms with van der Waals surface area (Å²) in [5.41, 5.74) is 1.20. The molecule has 0 saturated carbocycles.